The van der Waals surface area contributed by atoms with Crippen LogP contribution < -0.4 is 0 Å². The molecule has 0 aromatic heterocycles. The smallest absolute Gasteiger partial charge is 0.0291 e. The Morgan fingerprint density at radius 2 is 2.40 bits per heavy atom. The molecule has 0 aliphatic rings. The van der Waals surface area contributed by atoms with E-state index in [2.05, 4.69) is 24.5 Å². The van der Waals surface area contributed by atoms with Crippen molar-refractivity contribution in [2.45, 2.75) is 19.8 Å². The lowest BCUT2D eigenvalue weighted by Gasteiger charge is -1.69. The quantitative estimate of drug-likeness (QED) is 0.461. The maximum Gasteiger partial charge on any atom is 0.0291 e. The van der Waals surface area contributed by atoms with Crippen molar-refractivity contribution < 1.29 is 0 Å². The number of rotatable bonds is 2. The van der Waals surface area contributed by atoms with Gasteiger partial charge in [-0.3, -0.25) is 0 Å². The zero-order valence-corrected chi connectivity index (χ0v) is 4.14. The number of hydrogen-bond acceptors (Lipinski definition) is 1. The van der Waals surface area contributed by atoms with Crippen molar-refractivity contribution in [2.75, 3.05) is 0 Å². The lowest BCUT2D eigenvalue weighted by molar-refractivity contribution is 1.02. The summed E-state index contributed by atoms with van der Waals surface area (Å²) in [5.41, 5.74) is 0. The highest BCUT2D eigenvalue weighted by Crippen LogP contribution is 1.77. The van der Waals surface area contributed by atoms with Crippen molar-refractivity contribution in [1.82, 2.24) is 0 Å². The molecule has 0 unspecified atom stereocenters. The molecule has 0 aliphatic carbocycles. The van der Waals surface area contributed by atoms with Gasteiger partial charge in [0.25, 0.3) is 0 Å². The van der Waals surface area contributed by atoms with Crippen LogP contribution in [-0.2, 0) is 0 Å². The molecule has 5 heavy (non-hydrogen) atoms. The first-order valence-corrected chi connectivity index (χ1v) is 2.17. The zero-order chi connectivity index (χ0) is 4.12. The van der Waals surface area contributed by atoms with Gasteiger partial charge in [-0.05, 0) is 6.42 Å². The normalized spacial score (nSPS) is 7.40. The molecule has 0 spiro atoms. The highest BCUT2D eigenvalue weighted by atomic mass is 32.1. The second-order valence-electron chi connectivity index (χ2n) is 0.894. The number of unbranched alkanes of at least 4 members (excludes halogenated alkanes) is 1. The van der Waals surface area contributed by atoms with Crippen LogP contribution in [0.4, 0.5) is 0 Å². The van der Waals surface area contributed by atoms with E-state index in [0.717, 1.165) is 12.8 Å². The Bertz CT molecular complexity index is 24.8. The van der Waals surface area contributed by atoms with Crippen LogP contribution in [0.2, 0.25) is 0 Å². The average molecular weight is 87.2 g/mol. The molecule has 1 heteroatoms. The lowest BCUT2D eigenvalue weighted by atomic mass is 10.4. The highest BCUT2D eigenvalue weighted by molar-refractivity contribution is 7.78. The van der Waals surface area contributed by atoms with Gasteiger partial charge in [-0.15, -0.1) is 0 Å². The molecule has 1 radical (unpaired) electrons. The van der Waals surface area contributed by atoms with Gasteiger partial charge in [0.15, 0.2) is 0 Å². The van der Waals surface area contributed by atoms with E-state index in [1.54, 1.807) is 0 Å². The van der Waals surface area contributed by atoms with Crippen molar-refractivity contribution in [3.63, 3.8) is 0 Å². The lowest BCUT2D eigenvalue weighted by Crippen LogP contribution is -1.61. The third kappa shape index (κ3) is 4.09. The van der Waals surface area contributed by atoms with Gasteiger partial charge in [0.2, 0.25) is 0 Å². The third-order valence-corrected chi connectivity index (χ3v) is 0.556. The molecule has 0 saturated heterocycles. The fraction of sp³-hybridized carbons (Fsp3) is 0.750. The summed E-state index contributed by atoms with van der Waals surface area (Å²) in [6.45, 7) is 2.08. The van der Waals surface area contributed by atoms with Gasteiger partial charge in [0.05, 0.1) is 0 Å². The van der Waals surface area contributed by atoms with Crippen LogP contribution in [0, 0.1) is 0 Å². The van der Waals surface area contributed by atoms with E-state index >= 15 is 0 Å². The summed E-state index contributed by atoms with van der Waals surface area (Å²) in [7, 11) is 0. The van der Waals surface area contributed by atoms with Gasteiger partial charge in [-0.1, -0.05) is 25.6 Å². The van der Waals surface area contributed by atoms with Crippen molar-refractivity contribution in [3.8, 4) is 0 Å². The minimum Gasteiger partial charge on any atom is -0.0837 e. The fourth-order valence-electron chi connectivity index (χ4n) is 0.102. The first kappa shape index (κ1) is 5.09. The molecule has 0 atom stereocenters. The van der Waals surface area contributed by atoms with E-state index in [-0.39, 0.29) is 0 Å². The van der Waals surface area contributed by atoms with Crippen LogP contribution >= 0.6 is 12.2 Å². The van der Waals surface area contributed by atoms with Gasteiger partial charge in [0.1, 0.15) is 0 Å². The maximum atomic E-state index is 4.40. The molecule has 0 amide bonds. The van der Waals surface area contributed by atoms with Gasteiger partial charge in [-0.2, -0.15) is 0 Å². The number of hydrogen-bond donors (Lipinski definition) is 0. The van der Waals surface area contributed by atoms with Crippen LogP contribution in [0.3, 0.4) is 0 Å². The van der Waals surface area contributed by atoms with Crippen LogP contribution in [0.15, 0.2) is 0 Å². The van der Waals surface area contributed by atoms with E-state index in [0.29, 0.717) is 0 Å². The summed E-state index contributed by atoms with van der Waals surface area (Å²) < 4.78 is 0. The van der Waals surface area contributed by atoms with Gasteiger partial charge in [-0.25, -0.2) is 0 Å². The van der Waals surface area contributed by atoms with E-state index in [1.807, 2.05) is 0 Å². The Balaban J connectivity index is 2.40. The predicted octanol–water partition coefficient (Wildman–Crippen LogP) is 1.66. The van der Waals surface area contributed by atoms with Crippen molar-refractivity contribution in [2.24, 2.45) is 0 Å². The summed E-state index contributed by atoms with van der Waals surface area (Å²) in [5.74, 6) is 0. The Morgan fingerprint density at radius 1 is 1.80 bits per heavy atom. The Hall–Kier alpha value is 0.0900. The van der Waals surface area contributed by atoms with Crippen molar-refractivity contribution >= 4 is 17.6 Å². The van der Waals surface area contributed by atoms with E-state index in [9.17, 15) is 0 Å². The topological polar surface area (TPSA) is 0 Å². The molecule has 0 heterocycles. The summed E-state index contributed by atoms with van der Waals surface area (Å²) in [4.78, 5) is 0. The molecular formula is C4H7S. The molecular weight excluding hydrogens is 80.1 g/mol. The summed E-state index contributed by atoms with van der Waals surface area (Å²) in [6, 6.07) is 0. The standard InChI is InChI=1S/C4H7S/c1-2-3-4-5/h2-3H2,1H3. The second-order valence-corrected chi connectivity index (χ2v) is 1.18. The zero-order valence-electron chi connectivity index (χ0n) is 3.32. The van der Waals surface area contributed by atoms with Gasteiger partial charge < -0.3 is 0 Å². The minimum absolute atomic E-state index is 0.954. The predicted molar refractivity (Wildman–Crippen MR) is 27.5 cm³/mol. The largest absolute Gasteiger partial charge is 0.0837 e. The van der Waals surface area contributed by atoms with Crippen molar-refractivity contribution in [3.05, 3.63) is 0 Å². The molecule has 0 fully saturated rings. The molecule has 0 bridgehead atoms. The summed E-state index contributed by atoms with van der Waals surface area (Å²) in [5, 5.41) is 2.60. The minimum atomic E-state index is 0.954. The molecule has 0 aromatic carbocycles. The second kappa shape index (κ2) is 4.09. The van der Waals surface area contributed by atoms with Crippen molar-refractivity contribution in [1.29, 1.82) is 0 Å². The monoisotopic (exact) mass is 87.0 g/mol. The Morgan fingerprint density at radius 3 is 2.40 bits per heavy atom. The molecule has 0 aromatic rings. The van der Waals surface area contributed by atoms with Gasteiger partial charge >= 0.3 is 0 Å². The molecule has 0 nitrogen and oxygen atoms in total. The molecule has 0 aliphatic heterocycles. The van der Waals surface area contributed by atoms with E-state index < -0.39 is 0 Å². The van der Waals surface area contributed by atoms with Crippen LogP contribution in [0.5, 0.6) is 0 Å². The van der Waals surface area contributed by atoms with Crippen LogP contribution in [0.25, 0.3) is 0 Å². The molecule has 0 N–H and O–H groups in total. The maximum absolute atomic E-state index is 4.40. The third-order valence-electron chi connectivity index (χ3n) is 0.352. The summed E-state index contributed by atoms with van der Waals surface area (Å²) in [6.07, 6.45) is 2.08. The molecule has 0 rings (SSSR count). The molecule has 0 saturated carbocycles. The average Bonchev–Trinajstić information content (AvgIpc) is 1.41. The number of thiocarbonyl (C=S) groups is 1. The fourth-order valence-corrected chi connectivity index (χ4v) is 0.306. The Kier molecular flexibility index (Phi) is 4.16. The summed E-state index contributed by atoms with van der Waals surface area (Å²) >= 11 is 4.40. The SMILES string of the molecule is CCC[C]=S. The molecule has 29 valence electrons. The van der Waals surface area contributed by atoms with E-state index in [4.69, 9.17) is 0 Å². The first-order valence-electron chi connectivity index (χ1n) is 1.76. The van der Waals surface area contributed by atoms with Crippen LogP contribution in [-0.4, -0.2) is 5.37 Å². The highest BCUT2D eigenvalue weighted by Gasteiger charge is 1.64. The van der Waals surface area contributed by atoms with Gasteiger partial charge in [0, 0.05) is 5.37 Å². The Labute approximate surface area is 38.2 Å². The van der Waals surface area contributed by atoms with E-state index in [1.165, 1.54) is 0 Å². The first-order chi connectivity index (χ1) is 2.41. The van der Waals surface area contributed by atoms with Crippen LogP contribution in [0.1, 0.15) is 19.8 Å².